The third-order valence-corrected chi connectivity index (χ3v) is 3.83. The van der Waals surface area contributed by atoms with E-state index in [0.29, 0.717) is 6.04 Å². The molecule has 0 bridgehead atoms. The van der Waals surface area contributed by atoms with Gasteiger partial charge < -0.3 is 15.5 Å². The van der Waals surface area contributed by atoms with Gasteiger partial charge in [0.2, 0.25) is 0 Å². The van der Waals surface area contributed by atoms with E-state index in [1.165, 1.54) is 36.0 Å². The minimum atomic E-state index is -1.82. The molecule has 126 valence electrons. The summed E-state index contributed by atoms with van der Waals surface area (Å²) in [4.78, 5) is 22.4. The fourth-order valence-electron chi connectivity index (χ4n) is 2.71. The first kappa shape index (κ1) is 17.6. The van der Waals surface area contributed by atoms with E-state index in [1.54, 1.807) is 0 Å². The van der Waals surface area contributed by atoms with Gasteiger partial charge in [-0.1, -0.05) is 30.3 Å². The number of aliphatic carboxylic acids is 2. The van der Waals surface area contributed by atoms with Crippen molar-refractivity contribution in [1.82, 2.24) is 10.3 Å². The molecule has 1 aromatic heterocycles. The SMILES string of the molecule is O=C(O)C(=O)O.c1cncc(CNC2CCCc3ccccc32)c1. The summed E-state index contributed by atoms with van der Waals surface area (Å²) in [6.45, 7) is 0.896. The van der Waals surface area contributed by atoms with E-state index in [9.17, 15) is 0 Å². The summed E-state index contributed by atoms with van der Waals surface area (Å²) in [6, 6.07) is 13.4. The summed E-state index contributed by atoms with van der Waals surface area (Å²) < 4.78 is 0. The van der Waals surface area contributed by atoms with Crippen LogP contribution < -0.4 is 5.32 Å². The van der Waals surface area contributed by atoms with E-state index in [4.69, 9.17) is 19.8 Å². The van der Waals surface area contributed by atoms with Crippen LogP contribution in [0.25, 0.3) is 0 Å². The van der Waals surface area contributed by atoms with Gasteiger partial charge in [0.15, 0.2) is 0 Å². The fraction of sp³-hybridized carbons (Fsp3) is 0.278. The molecule has 24 heavy (non-hydrogen) atoms. The zero-order chi connectivity index (χ0) is 17.4. The van der Waals surface area contributed by atoms with Gasteiger partial charge in [-0.2, -0.15) is 0 Å². The lowest BCUT2D eigenvalue weighted by molar-refractivity contribution is -0.159. The van der Waals surface area contributed by atoms with Crippen LogP contribution in [0.2, 0.25) is 0 Å². The van der Waals surface area contributed by atoms with Crippen molar-refractivity contribution in [2.75, 3.05) is 0 Å². The number of nitrogens with one attached hydrogen (secondary N) is 1. The molecule has 0 spiro atoms. The summed E-state index contributed by atoms with van der Waals surface area (Å²) in [7, 11) is 0. The van der Waals surface area contributed by atoms with E-state index in [-0.39, 0.29) is 0 Å². The van der Waals surface area contributed by atoms with Gasteiger partial charge in [-0.05, 0) is 42.0 Å². The average molecular weight is 328 g/mol. The molecule has 2 aromatic rings. The van der Waals surface area contributed by atoms with Gasteiger partial charge in [0.1, 0.15) is 0 Å². The Kier molecular flexibility index (Phi) is 6.45. The Balaban J connectivity index is 0.000000301. The molecule has 1 heterocycles. The van der Waals surface area contributed by atoms with Crippen LogP contribution in [0.4, 0.5) is 0 Å². The molecule has 0 fully saturated rings. The molecule has 0 radical (unpaired) electrons. The van der Waals surface area contributed by atoms with Gasteiger partial charge >= 0.3 is 11.9 Å². The number of carboxylic acid groups (broad SMARTS) is 2. The standard InChI is InChI=1S/C16H18N2.C2H2O4/c1-2-8-15-14(6-1)7-3-9-16(15)18-12-13-5-4-10-17-11-13;3-1(4)2(5)6/h1-2,4-6,8,10-11,16,18H,3,7,9,12H2;(H,3,4)(H,5,6). The molecule has 3 N–H and O–H groups in total. The Morgan fingerprint density at radius 3 is 2.54 bits per heavy atom. The van der Waals surface area contributed by atoms with Gasteiger partial charge in [0.05, 0.1) is 0 Å². The summed E-state index contributed by atoms with van der Waals surface area (Å²) in [5.41, 5.74) is 4.24. The number of carbonyl (C=O) groups is 2. The van der Waals surface area contributed by atoms with Crippen LogP contribution in [0.1, 0.15) is 35.6 Å². The number of nitrogens with zero attached hydrogens (tertiary/aromatic N) is 1. The van der Waals surface area contributed by atoms with Crippen molar-refractivity contribution in [3.63, 3.8) is 0 Å². The van der Waals surface area contributed by atoms with Crippen LogP contribution in [-0.2, 0) is 22.6 Å². The smallest absolute Gasteiger partial charge is 0.414 e. The summed E-state index contributed by atoms with van der Waals surface area (Å²) in [6.07, 6.45) is 7.49. The Morgan fingerprint density at radius 1 is 1.12 bits per heavy atom. The second-order valence-electron chi connectivity index (χ2n) is 5.50. The topological polar surface area (TPSA) is 99.5 Å². The van der Waals surface area contributed by atoms with Gasteiger partial charge in [-0.15, -0.1) is 0 Å². The molecular weight excluding hydrogens is 308 g/mol. The first-order chi connectivity index (χ1) is 11.6. The zero-order valence-corrected chi connectivity index (χ0v) is 13.2. The summed E-state index contributed by atoms with van der Waals surface area (Å²) in [5.74, 6) is -3.65. The predicted molar refractivity (Wildman–Crippen MR) is 88.5 cm³/mol. The van der Waals surface area contributed by atoms with E-state index < -0.39 is 11.9 Å². The third-order valence-electron chi connectivity index (χ3n) is 3.83. The number of benzene rings is 1. The molecule has 0 saturated heterocycles. The lowest BCUT2D eigenvalue weighted by Gasteiger charge is -2.26. The molecule has 1 aromatic carbocycles. The van der Waals surface area contributed by atoms with Crippen molar-refractivity contribution in [3.8, 4) is 0 Å². The number of hydrogen-bond acceptors (Lipinski definition) is 4. The number of fused-ring (bicyclic) bond motifs is 1. The number of carboxylic acids is 2. The van der Waals surface area contributed by atoms with E-state index in [2.05, 4.69) is 40.6 Å². The number of rotatable bonds is 3. The second kappa shape index (κ2) is 8.79. The van der Waals surface area contributed by atoms with Gasteiger partial charge in [0.25, 0.3) is 0 Å². The van der Waals surface area contributed by atoms with E-state index in [1.807, 2.05) is 18.5 Å². The van der Waals surface area contributed by atoms with Crippen molar-refractivity contribution < 1.29 is 19.8 Å². The maximum Gasteiger partial charge on any atom is 0.414 e. The number of hydrogen-bond donors (Lipinski definition) is 3. The summed E-state index contributed by atoms with van der Waals surface area (Å²) >= 11 is 0. The summed E-state index contributed by atoms with van der Waals surface area (Å²) in [5, 5.41) is 18.4. The monoisotopic (exact) mass is 328 g/mol. The second-order valence-corrected chi connectivity index (χ2v) is 5.50. The highest BCUT2D eigenvalue weighted by Gasteiger charge is 2.18. The Hall–Kier alpha value is -2.73. The molecule has 1 unspecified atom stereocenters. The van der Waals surface area contributed by atoms with Crippen LogP contribution in [0.15, 0.2) is 48.8 Å². The van der Waals surface area contributed by atoms with Crippen LogP contribution >= 0.6 is 0 Å². The molecule has 6 heteroatoms. The first-order valence-corrected chi connectivity index (χ1v) is 7.74. The molecule has 1 atom stereocenters. The fourth-order valence-corrected chi connectivity index (χ4v) is 2.71. The highest BCUT2D eigenvalue weighted by Crippen LogP contribution is 2.29. The van der Waals surface area contributed by atoms with Crippen molar-refractivity contribution in [2.24, 2.45) is 0 Å². The lowest BCUT2D eigenvalue weighted by atomic mass is 9.88. The highest BCUT2D eigenvalue weighted by atomic mass is 16.4. The van der Waals surface area contributed by atoms with Crippen LogP contribution in [0.3, 0.4) is 0 Å². The first-order valence-electron chi connectivity index (χ1n) is 7.74. The van der Waals surface area contributed by atoms with Crippen LogP contribution in [0.5, 0.6) is 0 Å². The highest BCUT2D eigenvalue weighted by molar-refractivity contribution is 6.27. The molecule has 0 saturated carbocycles. The molecule has 0 amide bonds. The van der Waals surface area contributed by atoms with E-state index >= 15 is 0 Å². The van der Waals surface area contributed by atoms with Gasteiger partial charge in [-0.25, -0.2) is 9.59 Å². The van der Waals surface area contributed by atoms with Crippen LogP contribution in [-0.4, -0.2) is 27.1 Å². The quantitative estimate of drug-likeness (QED) is 0.748. The Labute approximate surface area is 140 Å². The van der Waals surface area contributed by atoms with Gasteiger partial charge in [0, 0.05) is 25.0 Å². The predicted octanol–water partition coefficient (Wildman–Crippen LogP) is 2.40. The van der Waals surface area contributed by atoms with Crippen LogP contribution in [0, 0.1) is 0 Å². The molecule has 3 rings (SSSR count). The molecule has 1 aliphatic rings. The number of aromatic nitrogens is 1. The number of pyridine rings is 1. The normalized spacial score (nSPS) is 15.6. The van der Waals surface area contributed by atoms with Crippen molar-refractivity contribution >= 4 is 11.9 Å². The minimum Gasteiger partial charge on any atom is -0.473 e. The van der Waals surface area contributed by atoms with Crippen molar-refractivity contribution in [3.05, 3.63) is 65.5 Å². The molecule has 6 nitrogen and oxygen atoms in total. The van der Waals surface area contributed by atoms with Crippen molar-refractivity contribution in [1.29, 1.82) is 0 Å². The minimum absolute atomic E-state index is 0.496. The van der Waals surface area contributed by atoms with E-state index in [0.717, 1.165) is 6.54 Å². The number of aryl methyl sites for hydroxylation is 1. The Bertz CT molecular complexity index is 676. The molecular formula is C18H20N2O4. The maximum absolute atomic E-state index is 9.10. The Morgan fingerprint density at radius 2 is 1.88 bits per heavy atom. The molecule has 1 aliphatic carbocycles. The lowest BCUT2D eigenvalue weighted by Crippen LogP contribution is -2.24. The largest absolute Gasteiger partial charge is 0.473 e. The van der Waals surface area contributed by atoms with Crippen molar-refractivity contribution in [2.45, 2.75) is 31.8 Å². The van der Waals surface area contributed by atoms with Gasteiger partial charge in [-0.3, -0.25) is 4.98 Å². The average Bonchev–Trinajstić information content (AvgIpc) is 2.61. The third kappa shape index (κ3) is 5.17. The maximum atomic E-state index is 9.10. The molecule has 0 aliphatic heterocycles. The zero-order valence-electron chi connectivity index (χ0n) is 13.2.